The Kier molecular flexibility index (Phi) is 5.74. The number of hydrogen-bond donors (Lipinski definition) is 0. The second kappa shape index (κ2) is 10.2. The first kappa shape index (κ1) is 25.3. The van der Waals surface area contributed by atoms with Crippen LogP contribution in [-0.2, 0) is 0 Å². The Balaban J connectivity index is 1.17. The standard InChI is InChI=1S/C40H24N4O/c1-2-9-27(10-3-1)38-42-39(28-17-15-26(16-18-28)32-13-6-11-25-8-4-5-12-31(25)32)44-40(43-38)30-20-21-33-29(24-30)19-22-34-36-35(45-37(33)34)14-7-23-41-36/h1-24H. The Bertz CT molecular complexity index is 2530. The van der Waals surface area contributed by atoms with Crippen LogP contribution in [-0.4, -0.2) is 19.9 Å². The van der Waals surface area contributed by atoms with Gasteiger partial charge in [-0.25, -0.2) is 15.0 Å². The van der Waals surface area contributed by atoms with Crippen molar-refractivity contribution in [2.75, 3.05) is 0 Å². The lowest BCUT2D eigenvalue weighted by atomic mass is 9.97. The molecule has 0 N–H and O–H groups in total. The third kappa shape index (κ3) is 4.33. The van der Waals surface area contributed by atoms with Crippen molar-refractivity contribution in [1.82, 2.24) is 19.9 Å². The average molecular weight is 577 g/mol. The summed E-state index contributed by atoms with van der Waals surface area (Å²) in [6, 6.07) is 47.7. The van der Waals surface area contributed by atoms with Crippen molar-refractivity contribution in [3.8, 4) is 45.3 Å². The van der Waals surface area contributed by atoms with Gasteiger partial charge in [-0.1, -0.05) is 109 Å². The minimum Gasteiger partial charge on any atom is -0.454 e. The fourth-order valence-electron chi connectivity index (χ4n) is 6.15. The van der Waals surface area contributed by atoms with Crippen molar-refractivity contribution in [1.29, 1.82) is 0 Å². The van der Waals surface area contributed by atoms with Crippen LogP contribution >= 0.6 is 0 Å². The highest BCUT2D eigenvalue weighted by atomic mass is 16.3. The molecule has 0 saturated carbocycles. The number of nitrogens with zero attached hydrogens (tertiary/aromatic N) is 4. The SMILES string of the molecule is c1ccc(-c2nc(-c3ccc(-c4cccc5ccccc45)cc3)nc(-c3ccc4c(ccc5c6ncccc6oc45)c3)n2)cc1. The van der Waals surface area contributed by atoms with Crippen molar-refractivity contribution >= 4 is 43.6 Å². The van der Waals surface area contributed by atoms with E-state index in [-0.39, 0.29) is 0 Å². The molecule has 0 saturated heterocycles. The zero-order valence-electron chi connectivity index (χ0n) is 24.1. The maximum absolute atomic E-state index is 6.23. The van der Waals surface area contributed by atoms with E-state index in [1.807, 2.05) is 42.5 Å². The highest BCUT2D eigenvalue weighted by Crippen LogP contribution is 2.35. The molecule has 5 nitrogen and oxygen atoms in total. The Morgan fingerprint density at radius 1 is 0.422 bits per heavy atom. The van der Waals surface area contributed by atoms with Gasteiger partial charge in [-0.15, -0.1) is 0 Å². The summed E-state index contributed by atoms with van der Waals surface area (Å²) in [5, 5.41) is 5.53. The van der Waals surface area contributed by atoms with Gasteiger partial charge in [0.05, 0.1) is 0 Å². The molecule has 0 atom stereocenters. The van der Waals surface area contributed by atoms with Crippen LogP contribution in [0.2, 0.25) is 0 Å². The molecule has 0 unspecified atom stereocenters. The minimum absolute atomic E-state index is 0.616. The predicted molar refractivity (Wildman–Crippen MR) is 182 cm³/mol. The van der Waals surface area contributed by atoms with E-state index in [1.165, 1.54) is 16.3 Å². The predicted octanol–water partition coefficient (Wildman–Crippen LogP) is 10.1. The molecule has 5 heteroatoms. The van der Waals surface area contributed by atoms with Crippen molar-refractivity contribution in [3.63, 3.8) is 0 Å². The lowest BCUT2D eigenvalue weighted by molar-refractivity contribution is 0.672. The fraction of sp³-hybridized carbons (Fsp3) is 0. The van der Waals surface area contributed by atoms with Gasteiger partial charge in [-0.05, 0) is 57.6 Å². The Morgan fingerprint density at radius 3 is 1.93 bits per heavy atom. The molecule has 9 aromatic rings. The molecule has 210 valence electrons. The first-order valence-corrected chi connectivity index (χ1v) is 14.9. The highest BCUT2D eigenvalue weighted by Gasteiger charge is 2.15. The van der Waals surface area contributed by atoms with Crippen LogP contribution in [0.4, 0.5) is 0 Å². The number of hydrogen-bond acceptors (Lipinski definition) is 5. The van der Waals surface area contributed by atoms with E-state index in [0.29, 0.717) is 17.5 Å². The minimum atomic E-state index is 0.616. The highest BCUT2D eigenvalue weighted by molar-refractivity contribution is 6.14. The molecular formula is C40H24N4O. The molecule has 9 rings (SSSR count). The van der Waals surface area contributed by atoms with Crippen LogP contribution in [0, 0.1) is 0 Å². The van der Waals surface area contributed by atoms with Gasteiger partial charge in [-0.2, -0.15) is 0 Å². The molecule has 0 spiro atoms. The van der Waals surface area contributed by atoms with Crippen LogP contribution in [0.1, 0.15) is 0 Å². The number of benzene rings is 6. The van der Waals surface area contributed by atoms with Gasteiger partial charge in [0.2, 0.25) is 0 Å². The summed E-state index contributed by atoms with van der Waals surface area (Å²) in [6.45, 7) is 0. The van der Waals surface area contributed by atoms with E-state index in [0.717, 1.165) is 55.1 Å². The van der Waals surface area contributed by atoms with Crippen LogP contribution in [0.15, 0.2) is 150 Å². The first-order valence-electron chi connectivity index (χ1n) is 14.9. The van der Waals surface area contributed by atoms with Gasteiger partial charge in [0.1, 0.15) is 11.1 Å². The lowest BCUT2D eigenvalue weighted by Gasteiger charge is -2.10. The van der Waals surface area contributed by atoms with Gasteiger partial charge < -0.3 is 4.42 Å². The summed E-state index contributed by atoms with van der Waals surface area (Å²) in [7, 11) is 0. The summed E-state index contributed by atoms with van der Waals surface area (Å²) in [5.74, 6) is 1.88. The number of rotatable bonds is 4. The summed E-state index contributed by atoms with van der Waals surface area (Å²) in [5.41, 5.74) is 7.61. The Hall–Kier alpha value is -6.20. The second-order valence-corrected chi connectivity index (χ2v) is 11.1. The average Bonchev–Trinajstić information content (AvgIpc) is 3.51. The Morgan fingerprint density at radius 2 is 1.09 bits per heavy atom. The van der Waals surface area contributed by atoms with E-state index in [9.17, 15) is 0 Å². The molecule has 0 amide bonds. The molecule has 0 aliphatic rings. The smallest absolute Gasteiger partial charge is 0.164 e. The van der Waals surface area contributed by atoms with Crippen molar-refractivity contribution in [2.24, 2.45) is 0 Å². The zero-order chi connectivity index (χ0) is 29.7. The van der Waals surface area contributed by atoms with E-state index in [1.54, 1.807) is 6.20 Å². The van der Waals surface area contributed by atoms with Gasteiger partial charge in [0.15, 0.2) is 23.1 Å². The van der Waals surface area contributed by atoms with Crippen molar-refractivity contribution < 1.29 is 4.42 Å². The summed E-state index contributed by atoms with van der Waals surface area (Å²) in [4.78, 5) is 19.4. The van der Waals surface area contributed by atoms with Crippen LogP contribution in [0.25, 0.3) is 88.9 Å². The molecule has 0 aliphatic carbocycles. The van der Waals surface area contributed by atoms with Crippen LogP contribution in [0.3, 0.4) is 0 Å². The monoisotopic (exact) mass is 576 g/mol. The molecule has 0 fully saturated rings. The lowest BCUT2D eigenvalue weighted by Crippen LogP contribution is -2.00. The van der Waals surface area contributed by atoms with Gasteiger partial charge in [0, 0.05) is 33.7 Å². The second-order valence-electron chi connectivity index (χ2n) is 11.1. The maximum atomic E-state index is 6.23. The quantitative estimate of drug-likeness (QED) is 0.209. The molecule has 6 aromatic carbocycles. The van der Waals surface area contributed by atoms with Crippen molar-refractivity contribution in [3.05, 3.63) is 146 Å². The van der Waals surface area contributed by atoms with Crippen LogP contribution in [0.5, 0.6) is 0 Å². The van der Waals surface area contributed by atoms with Crippen LogP contribution < -0.4 is 0 Å². The number of pyridine rings is 1. The Labute approximate surface area is 258 Å². The largest absolute Gasteiger partial charge is 0.454 e. The number of fused-ring (bicyclic) bond motifs is 6. The van der Waals surface area contributed by atoms with E-state index in [2.05, 4.69) is 102 Å². The van der Waals surface area contributed by atoms with E-state index in [4.69, 9.17) is 19.4 Å². The van der Waals surface area contributed by atoms with E-state index >= 15 is 0 Å². The third-order valence-corrected chi connectivity index (χ3v) is 8.38. The van der Waals surface area contributed by atoms with Crippen molar-refractivity contribution in [2.45, 2.75) is 0 Å². The molecule has 3 heterocycles. The summed E-state index contributed by atoms with van der Waals surface area (Å²) in [6.07, 6.45) is 1.80. The normalized spacial score (nSPS) is 11.6. The number of furan rings is 1. The maximum Gasteiger partial charge on any atom is 0.164 e. The summed E-state index contributed by atoms with van der Waals surface area (Å²) < 4.78 is 6.23. The van der Waals surface area contributed by atoms with Gasteiger partial charge in [-0.3, -0.25) is 4.98 Å². The zero-order valence-corrected chi connectivity index (χ0v) is 24.1. The first-order chi connectivity index (χ1) is 22.3. The molecule has 3 aromatic heterocycles. The molecular weight excluding hydrogens is 552 g/mol. The fourth-order valence-corrected chi connectivity index (χ4v) is 6.15. The topological polar surface area (TPSA) is 64.7 Å². The molecule has 45 heavy (non-hydrogen) atoms. The van der Waals surface area contributed by atoms with Gasteiger partial charge >= 0.3 is 0 Å². The summed E-state index contributed by atoms with van der Waals surface area (Å²) >= 11 is 0. The van der Waals surface area contributed by atoms with E-state index < -0.39 is 0 Å². The molecule has 0 radical (unpaired) electrons. The molecule has 0 bridgehead atoms. The van der Waals surface area contributed by atoms with Gasteiger partial charge in [0.25, 0.3) is 0 Å². The molecule has 0 aliphatic heterocycles. The third-order valence-electron chi connectivity index (χ3n) is 8.38. The number of aromatic nitrogens is 4.